The van der Waals surface area contributed by atoms with Crippen LogP contribution in [-0.4, -0.2) is 21.2 Å². The van der Waals surface area contributed by atoms with Crippen LogP contribution in [0.4, 0.5) is 0 Å². The third-order valence-electron chi connectivity index (χ3n) is 3.20. The number of rotatable bonds is 5. The highest BCUT2D eigenvalue weighted by atomic mass is 35.5. The van der Waals surface area contributed by atoms with Gasteiger partial charge in [0, 0.05) is 16.1 Å². The van der Waals surface area contributed by atoms with Gasteiger partial charge in [-0.15, -0.1) is 10.2 Å². The van der Waals surface area contributed by atoms with Crippen molar-refractivity contribution in [3.63, 3.8) is 0 Å². The van der Waals surface area contributed by atoms with Gasteiger partial charge in [0.1, 0.15) is 0 Å². The molecular formula is C17H13ClN2O2S. The lowest BCUT2D eigenvalue weighted by atomic mass is 10.1. The molecule has 0 aliphatic heterocycles. The average Bonchev–Trinajstić information content (AvgIpc) is 3.04. The average molecular weight is 345 g/mol. The quantitative estimate of drug-likeness (QED) is 0.493. The molecule has 0 spiro atoms. The van der Waals surface area contributed by atoms with E-state index >= 15 is 0 Å². The Kier molecular flexibility index (Phi) is 4.79. The maximum absolute atomic E-state index is 12.3. The van der Waals surface area contributed by atoms with Crippen LogP contribution >= 0.6 is 23.4 Å². The lowest BCUT2D eigenvalue weighted by molar-refractivity contribution is 0.0993. The summed E-state index contributed by atoms with van der Waals surface area (Å²) in [6.45, 7) is 1.83. The predicted molar refractivity (Wildman–Crippen MR) is 90.8 cm³/mol. The number of benzene rings is 2. The van der Waals surface area contributed by atoms with Crippen molar-refractivity contribution >= 4 is 29.1 Å². The van der Waals surface area contributed by atoms with Gasteiger partial charge in [-0.1, -0.05) is 53.7 Å². The summed E-state index contributed by atoms with van der Waals surface area (Å²) in [5.41, 5.74) is 1.46. The van der Waals surface area contributed by atoms with Gasteiger partial charge in [0.2, 0.25) is 5.89 Å². The molecule has 0 fully saturated rings. The molecule has 1 heterocycles. The van der Waals surface area contributed by atoms with Crippen molar-refractivity contribution in [2.24, 2.45) is 0 Å². The van der Waals surface area contributed by atoms with Crippen molar-refractivity contribution in [2.75, 3.05) is 0 Å². The molecule has 1 unspecified atom stereocenters. The first-order valence-corrected chi connectivity index (χ1v) is 8.24. The number of Topliss-reactive ketones (excluding diaryl/α,β-unsaturated/α-hetero) is 1. The zero-order valence-electron chi connectivity index (χ0n) is 12.3. The SMILES string of the molecule is CC(Sc1nnc(-c2ccc(Cl)cc2)o1)C(=O)c1ccccc1. The fourth-order valence-electron chi connectivity index (χ4n) is 2.01. The molecule has 116 valence electrons. The molecule has 0 saturated heterocycles. The van der Waals surface area contributed by atoms with Crippen LogP contribution in [0.3, 0.4) is 0 Å². The Morgan fingerprint density at radius 3 is 2.48 bits per heavy atom. The van der Waals surface area contributed by atoms with Crippen LogP contribution in [-0.2, 0) is 0 Å². The van der Waals surface area contributed by atoms with Crippen molar-refractivity contribution in [1.82, 2.24) is 10.2 Å². The Morgan fingerprint density at radius 1 is 1.09 bits per heavy atom. The van der Waals surface area contributed by atoms with Crippen LogP contribution in [0.15, 0.2) is 64.2 Å². The topological polar surface area (TPSA) is 56.0 Å². The summed E-state index contributed by atoms with van der Waals surface area (Å²) in [6, 6.07) is 16.3. The van der Waals surface area contributed by atoms with Gasteiger partial charge in [-0.3, -0.25) is 4.79 Å². The molecular weight excluding hydrogens is 332 g/mol. The van der Waals surface area contributed by atoms with E-state index in [2.05, 4.69) is 10.2 Å². The maximum Gasteiger partial charge on any atom is 0.277 e. The number of carbonyl (C=O) groups excluding carboxylic acids is 1. The van der Waals surface area contributed by atoms with Crippen LogP contribution in [0.1, 0.15) is 17.3 Å². The lowest BCUT2D eigenvalue weighted by Crippen LogP contribution is -2.13. The van der Waals surface area contributed by atoms with Gasteiger partial charge in [0.25, 0.3) is 5.22 Å². The summed E-state index contributed by atoms with van der Waals surface area (Å²) in [5.74, 6) is 0.436. The Hall–Kier alpha value is -2.11. The normalized spacial score (nSPS) is 12.1. The van der Waals surface area contributed by atoms with E-state index in [1.165, 1.54) is 11.8 Å². The molecule has 1 aromatic heterocycles. The Labute approximate surface area is 142 Å². The summed E-state index contributed by atoms with van der Waals surface area (Å²) in [5, 5.41) is 8.70. The Morgan fingerprint density at radius 2 is 1.78 bits per heavy atom. The Bertz CT molecular complexity index is 803. The molecule has 6 heteroatoms. The number of halogens is 1. The van der Waals surface area contributed by atoms with E-state index in [0.29, 0.717) is 21.7 Å². The van der Waals surface area contributed by atoms with Crippen molar-refractivity contribution in [2.45, 2.75) is 17.4 Å². The minimum Gasteiger partial charge on any atom is -0.411 e. The molecule has 3 rings (SSSR count). The second kappa shape index (κ2) is 6.98. The molecule has 3 aromatic rings. The highest BCUT2D eigenvalue weighted by molar-refractivity contribution is 8.00. The third kappa shape index (κ3) is 3.81. The molecule has 0 N–H and O–H groups in total. The van der Waals surface area contributed by atoms with Crippen LogP contribution < -0.4 is 0 Å². The molecule has 0 amide bonds. The zero-order valence-corrected chi connectivity index (χ0v) is 13.8. The van der Waals surface area contributed by atoms with E-state index in [9.17, 15) is 4.79 Å². The van der Waals surface area contributed by atoms with Crippen LogP contribution in [0.2, 0.25) is 5.02 Å². The summed E-state index contributed by atoms with van der Waals surface area (Å²) in [4.78, 5) is 12.3. The number of aromatic nitrogens is 2. The smallest absolute Gasteiger partial charge is 0.277 e. The molecule has 0 bridgehead atoms. The minimum atomic E-state index is -0.309. The van der Waals surface area contributed by atoms with Crippen molar-refractivity contribution < 1.29 is 9.21 Å². The molecule has 0 aliphatic carbocycles. The van der Waals surface area contributed by atoms with E-state index in [0.717, 1.165) is 5.56 Å². The van der Waals surface area contributed by atoms with E-state index < -0.39 is 0 Å². The number of nitrogens with zero attached hydrogens (tertiary/aromatic N) is 2. The van der Waals surface area contributed by atoms with Crippen LogP contribution in [0.25, 0.3) is 11.5 Å². The van der Waals surface area contributed by atoms with E-state index in [1.54, 1.807) is 24.3 Å². The maximum atomic E-state index is 12.3. The highest BCUT2D eigenvalue weighted by Gasteiger charge is 2.19. The molecule has 23 heavy (non-hydrogen) atoms. The lowest BCUT2D eigenvalue weighted by Gasteiger charge is -2.06. The first-order chi connectivity index (χ1) is 11.1. The van der Waals surface area contributed by atoms with Gasteiger partial charge in [0.15, 0.2) is 5.78 Å². The monoisotopic (exact) mass is 344 g/mol. The first kappa shape index (κ1) is 15.8. The zero-order chi connectivity index (χ0) is 16.2. The highest BCUT2D eigenvalue weighted by Crippen LogP contribution is 2.28. The standard InChI is InChI=1S/C17H13ClN2O2S/c1-11(15(21)12-5-3-2-4-6-12)23-17-20-19-16(22-17)13-7-9-14(18)10-8-13/h2-11H,1H3. The third-order valence-corrected chi connectivity index (χ3v) is 4.39. The van der Waals surface area contributed by atoms with E-state index in [1.807, 2.05) is 37.3 Å². The molecule has 0 saturated carbocycles. The fourth-order valence-corrected chi connectivity index (χ4v) is 2.89. The summed E-state index contributed by atoms with van der Waals surface area (Å²) in [7, 11) is 0. The summed E-state index contributed by atoms with van der Waals surface area (Å²) < 4.78 is 5.61. The van der Waals surface area contributed by atoms with Gasteiger partial charge in [-0.05, 0) is 31.2 Å². The van der Waals surface area contributed by atoms with Gasteiger partial charge >= 0.3 is 0 Å². The van der Waals surface area contributed by atoms with Crippen LogP contribution in [0, 0.1) is 0 Å². The fraction of sp³-hybridized carbons (Fsp3) is 0.118. The predicted octanol–water partition coefficient (Wildman–Crippen LogP) is 4.75. The second-order valence-corrected chi connectivity index (χ2v) is 6.60. The van der Waals surface area contributed by atoms with Gasteiger partial charge in [0.05, 0.1) is 5.25 Å². The molecule has 4 nitrogen and oxygen atoms in total. The van der Waals surface area contributed by atoms with Crippen molar-refractivity contribution in [3.8, 4) is 11.5 Å². The van der Waals surface area contributed by atoms with E-state index in [4.69, 9.17) is 16.0 Å². The molecule has 2 aromatic carbocycles. The summed E-state index contributed by atoms with van der Waals surface area (Å²) in [6.07, 6.45) is 0. The minimum absolute atomic E-state index is 0.0295. The number of hydrogen-bond donors (Lipinski definition) is 0. The molecule has 0 radical (unpaired) electrons. The van der Waals surface area contributed by atoms with Crippen molar-refractivity contribution in [3.05, 3.63) is 65.2 Å². The molecule has 1 atom stereocenters. The number of thioether (sulfide) groups is 1. The second-order valence-electron chi connectivity index (χ2n) is 4.87. The number of hydrogen-bond acceptors (Lipinski definition) is 5. The summed E-state index contributed by atoms with van der Waals surface area (Å²) >= 11 is 7.11. The van der Waals surface area contributed by atoms with Gasteiger partial charge in [-0.2, -0.15) is 0 Å². The number of carbonyl (C=O) groups is 1. The van der Waals surface area contributed by atoms with Crippen molar-refractivity contribution in [1.29, 1.82) is 0 Å². The van der Waals surface area contributed by atoms with E-state index in [-0.39, 0.29) is 11.0 Å². The number of ketones is 1. The molecule has 0 aliphatic rings. The van der Waals surface area contributed by atoms with Gasteiger partial charge in [-0.25, -0.2) is 0 Å². The first-order valence-electron chi connectivity index (χ1n) is 6.99. The largest absolute Gasteiger partial charge is 0.411 e. The Balaban J connectivity index is 1.71. The van der Waals surface area contributed by atoms with Crippen LogP contribution in [0.5, 0.6) is 0 Å². The van der Waals surface area contributed by atoms with Gasteiger partial charge < -0.3 is 4.42 Å².